The molecule has 21 heavy (non-hydrogen) atoms. The minimum atomic E-state index is -0.174. The second kappa shape index (κ2) is 5.41. The van der Waals surface area contributed by atoms with Crippen LogP contribution in [0.25, 0.3) is 0 Å². The SMILES string of the molecule is CC(C)n1ncc(Cl)c1C(=O)c1cccc2c1OCCN2. The summed E-state index contributed by atoms with van der Waals surface area (Å²) >= 11 is 6.16. The lowest BCUT2D eigenvalue weighted by Gasteiger charge is -2.21. The van der Waals surface area contributed by atoms with Crippen LogP contribution in [0.4, 0.5) is 5.69 Å². The van der Waals surface area contributed by atoms with E-state index in [0.29, 0.717) is 28.6 Å². The van der Waals surface area contributed by atoms with Gasteiger partial charge in [0, 0.05) is 12.6 Å². The van der Waals surface area contributed by atoms with E-state index < -0.39 is 0 Å². The topological polar surface area (TPSA) is 56.2 Å². The summed E-state index contributed by atoms with van der Waals surface area (Å²) in [6.45, 7) is 5.18. The number of para-hydroxylation sites is 1. The van der Waals surface area contributed by atoms with Crippen LogP contribution >= 0.6 is 11.6 Å². The van der Waals surface area contributed by atoms with E-state index in [4.69, 9.17) is 16.3 Å². The van der Waals surface area contributed by atoms with Gasteiger partial charge >= 0.3 is 0 Å². The Morgan fingerprint density at radius 1 is 1.48 bits per heavy atom. The number of nitrogens with one attached hydrogen (secondary N) is 1. The monoisotopic (exact) mass is 305 g/mol. The molecule has 0 spiro atoms. The van der Waals surface area contributed by atoms with Crippen LogP contribution in [0.2, 0.25) is 5.02 Å². The summed E-state index contributed by atoms with van der Waals surface area (Å²) in [6.07, 6.45) is 1.50. The average molecular weight is 306 g/mol. The molecule has 1 N–H and O–H groups in total. The number of anilines is 1. The Bertz CT molecular complexity index is 694. The summed E-state index contributed by atoms with van der Waals surface area (Å²) in [7, 11) is 0. The van der Waals surface area contributed by atoms with Gasteiger partial charge in [0.15, 0.2) is 5.75 Å². The highest BCUT2D eigenvalue weighted by Crippen LogP contribution is 2.34. The van der Waals surface area contributed by atoms with Crippen molar-refractivity contribution in [2.45, 2.75) is 19.9 Å². The zero-order chi connectivity index (χ0) is 15.0. The van der Waals surface area contributed by atoms with Crippen LogP contribution in [0.5, 0.6) is 5.75 Å². The number of nitrogens with zero attached hydrogens (tertiary/aromatic N) is 2. The second-order valence-corrected chi connectivity index (χ2v) is 5.57. The molecule has 5 nitrogen and oxygen atoms in total. The van der Waals surface area contributed by atoms with Crippen LogP contribution in [-0.4, -0.2) is 28.7 Å². The lowest BCUT2D eigenvalue weighted by atomic mass is 10.0. The lowest BCUT2D eigenvalue weighted by molar-refractivity contribution is 0.102. The van der Waals surface area contributed by atoms with Gasteiger partial charge in [0.25, 0.3) is 0 Å². The van der Waals surface area contributed by atoms with Crippen molar-refractivity contribution < 1.29 is 9.53 Å². The first-order valence-corrected chi connectivity index (χ1v) is 7.24. The fourth-order valence-electron chi connectivity index (χ4n) is 2.42. The Labute approximate surface area is 127 Å². The molecule has 0 fully saturated rings. The van der Waals surface area contributed by atoms with E-state index in [1.807, 2.05) is 26.0 Å². The molecule has 0 amide bonds. The van der Waals surface area contributed by atoms with Gasteiger partial charge in [-0.3, -0.25) is 9.48 Å². The largest absolute Gasteiger partial charge is 0.489 e. The van der Waals surface area contributed by atoms with Crippen molar-refractivity contribution in [3.63, 3.8) is 0 Å². The lowest BCUT2D eigenvalue weighted by Crippen LogP contribution is -2.21. The van der Waals surface area contributed by atoms with Crippen molar-refractivity contribution >= 4 is 23.1 Å². The minimum absolute atomic E-state index is 0.0510. The van der Waals surface area contributed by atoms with Gasteiger partial charge in [-0.25, -0.2) is 0 Å². The van der Waals surface area contributed by atoms with Gasteiger partial charge in [-0.2, -0.15) is 5.10 Å². The zero-order valence-electron chi connectivity index (χ0n) is 11.9. The standard InChI is InChI=1S/C15H16ClN3O2/c1-9(2)19-13(11(16)8-18-19)14(20)10-4-3-5-12-15(10)21-7-6-17-12/h3-5,8-9,17H,6-7H2,1-2H3. The van der Waals surface area contributed by atoms with Crippen LogP contribution in [0.3, 0.4) is 0 Å². The molecular weight excluding hydrogens is 290 g/mol. The highest BCUT2D eigenvalue weighted by Gasteiger charge is 2.25. The second-order valence-electron chi connectivity index (χ2n) is 5.17. The summed E-state index contributed by atoms with van der Waals surface area (Å²) in [4.78, 5) is 12.9. The number of carbonyl (C=O) groups excluding carboxylic acids is 1. The molecule has 0 saturated heterocycles. The number of carbonyl (C=O) groups is 1. The molecule has 1 aliphatic heterocycles. The number of hydrogen-bond donors (Lipinski definition) is 1. The van der Waals surface area contributed by atoms with Crippen LogP contribution in [0, 0.1) is 0 Å². The predicted octanol–water partition coefficient (Wildman–Crippen LogP) is 3.15. The molecule has 0 atom stereocenters. The number of fused-ring (bicyclic) bond motifs is 1. The van der Waals surface area contributed by atoms with Gasteiger partial charge in [-0.05, 0) is 26.0 Å². The molecule has 0 aliphatic carbocycles. The van der Waals surface area contributed by atoms with E-state index in [-0.39, 0.29) is 11.8 Å². The Hall–Kier alpha value is -2.01. The van der Waals surface area contributed by atoms with E-state index in [1.165, 1.54) is 6.20 Å². The highest BCUT2D eigenvalue weighted by atomic mass is 35.5. The molecule has 0 radical (unpaired) electrons. The van der Waals surface area contributed by atoms with Gasteiger partial charge in [-0.1, -0.05) is 17.7 Å². The maximum absolute atomic E-state index is 12.9. The number of ether oxygens (including phenoxy) is 1. The Morgan fingerprint density at radius 3 is 3.05 bits per heavy atom. The smallest absolute Gasteiger partial charge is 0.216 e. The molecule has 2 heterocycles. The minimum Gasteiger partial charge on any atom is -0.489 e. The summed E-state index contributed by atoms with van der Waals surface area (Å²) < 4.78 is 7.30. The fourth-order valence-corrected chi connectivity index (χ4v) is 2.64. The molecule has 0 bridgehead atoms. The number of rotatable bonds is 3. The van der Waals surface area contributed by atoms with E-state index in [1.54, 1.807) is 10.7 Å². The van der Waals surface area contributed by atoms with Crippen molar-refractivity contribution in [2.75, 3.05) is 18.5 Å². The number of ketones is 1. The van der Waals surface area contributed by atoms with Gasteiger partial charge in [0.05, 0.1) is 22.5 Å². The number of halogens is 1. The van der Waals surface area contributed by atoms with Crippen LogP contribution in [-0.2, 0) is 0 Å². The van der Waals surface area contributed by atoms with E-state index >= 15 is 0 Å². The first-order chi connectivity index (χ1) is 10.1. The molecule has 1 aromatic carbocycles. The molecule has 1 aromatic heterocycles. The molecule has 6 heteroatoms. The van der Waals surface area contributed by atoms with Gasteiger partial charge in [-0.15, -0.1) is 0 Å². The third-order valence-corrected chi connectivity index (χ3v) is 3.66. The molecular formula is C15H16ClN3O2. The molecule has 3 rings (SSSR count). The number of aromatic nitrogens is 2. The van der Waals surface area contributed by atoms with Crippen molar-refractivity contribution in [1.82, 2.24) is 9.78 Å². The molecule has 0 unspecified atom stereocenters. The van der Waals surface area contributed by atoms with E-state index in [2.05, 4.69) is 10.4 Å². The highest BCUT2D eigenvalue weighted by molar-refractivity contribution is 6.34. The average Bonchev–Trinajstić information content (AvgIpc) is 2.88. The van der Waals surface area contributed by atoms with Gasteiger partial charge < -0.3 is 10.1 Å². The number of benzene rings is 1. The third kappa shape index (κ3) is 2.38. The maximum atomic E-state index is 12.9. The summed E-state index contributed by atoms with van der Waals surface area (Å²) in [5.41, 5.74) is 1.73. The summed E-state index contributed by atoms with van der Waals surface area (Å²) in [6, 6.07) is 5.53. The molecule has 0 saturated carbocycles. The van der Waals surface area contributed by atoms with E-state index in [0.717, 1.165) is 12.2 Å². The van der Waals surface area contributed by atoms with Crippen molar-refractivity contribution in [3.05, 3.63) is 40.7 Å². The molecule has 110 valence electrons. The van der Waals surface area contributed by atoms with Crippen LogP contribution in [0.15, 0.2) is 24.4 Å². The van der Waals surface area contributed by atoms with Gasteiger partial charge in [0.1, 0.15) is 12.3 Å². The first kappa shape index (κ1) is 13.9. The molecule has 1 aliphatic rings. The normalized spacial score (nSPS) is 13.5. The Balaban J connectivity index is 2.10. The molecule has 2 aromatic rings. The zero-order valence-corrected chi connectivity index (χ0v) is 12.6. The van der Waals surface area contributed by atoms with Crippen molar-refractivity contribution in [3.8, 4) is 5.75 Å². The van der Waals surface area contributed by atoms with Crippen molar-refractivity contribution in [2.24, 2.45) is 0 Å². The van der Waals surface area contributed by atoms with Crippen LogP contribution in [0.1, 0.15) is 35.9 Å². The van der Waals surface area contributed by atoms with E-state index in [9.17, 15) is 4.79 Å². The predicted molar refractivity (Wildman–Crippen MR) is 81.5 cm³/mol. The summed E-state index contributed by atoms with van der Waals surface area (Å²) in [5, 5.41) is 7.76. The third-order valence-electron chi connectivity index (χ3n) is 3.38. The fraction of sp³-hybridized carbons (Fsp3) is 0.333. The maximum Gasteiger partial charge on any atom is 0.216 e. The Kier molecular flexibility index (Phi) is 3.59. The summed E-state index contributed by atoms with van der Waals surface area (Å²) in [5.74, 6) is 0.410. The quantitative estimate of drug-likeness (QED) is 0.885. The Morgan fingerprint density at radius 2 is 2.29 bits per heavy atom. The number of hydrogen-bond acceptors (Lipinski definition) is 4. The van der Waals surface area contributed by atoms with Crippen LogP contribution < -0.4 is 10.1 Å². The van der Waals surface area contributed by atoms with Crippen molar-refractivity contribution in [1.29, 1.82) is 0 Å². The van der Waals surface area contributed by atoms with Gasteiger partial charge in [0.2, 0.25) is 5.78 Å². The first-order valence-electron chi connectivity index (χ1n) is 6.87.